The van der Waals surface area contributed by atoms with Gasteiger partial charge in [0.15, 0.2) is 6.10 Å². The van der Waals surface area contributed by atoms with E-state index in [4.69, 9.17) is 10.5 Å². The van der Waals surface area contributed by atoms with Crippen molar-refractivity contribution >= 4 is 23.2 Å². The molecule has 1 heterocycles. The third-order valence-electron chi connectivity index (χ3n) is 3.29. The van der Waals surface area contributed by atoms with E-state index in [2.05, 4.69) is 10.6 Å². The van der Waals surface area contributed by atoms with Crippen LogP contribution in [0.15, 0.2) is 18.2 Å². The standard InChI is InChI=1S/C14H19N3O3/c1-8-12(18)17-10-6-9(4-5-11(10)20-8)16-13(19)14(2,3)7-15/h4-6,8H,7,15H2,1-3H3,(H,16,19)(H,17,18). The van der Waals surface area contributed by atoms with Crippen molar-refractivity contribution in [2.24, 2.45) is 11.1 Å². The maximum atomic E-state index is 12.0. The number of carbonyl (C=O) groups excluding carboxylic acids is 2. The minimum atomic E-state index is -0.649. The molecular weight excluding hydrogens is 258 g/mol. The van der Waals surface area contributed by atoms with Crippen LogP contribution in [0.2, 0.25) is 0 Å². The molecule has 2 amide bonds. The quantitative estimate of drug-likeness (QED) is 0.777. The number of nitrogens with one attached hydrogen (secondary N) is 2. The number of benzene rings is 1. The Hall–Kier alpha value is -2.08. The lowest BCUT2D eigenvalue weighted by Crippen LogP contribution is -2.37. The van der Waals surface area contributed by atoms with Crippen LogP contribution in [0.3, 0.4) is 0 Å². The van der Waals surface area contributed by atoms with Crippen molar-refractivity contribution in [3.05, 3.63) is 18.2 Å². The van der Waals surface area contributed by atoms with Crippen LogP contribution in [0.25, 0.3) is 0 Å². The molecule has 6 nitrogen and oxygen atoms in total. The van der Waals surface area contributed by atoms with Gasteiger partial charge < -0.3 is 21.1 Å². The zero-order valence-electron chi connectivity index (χ0n) is 11.8. The molecule has 0 aromatic heterocycles. The van der Waals surface area contributed by atoms with E-state index in [0.717, 1.165) is 0 Å². The summed E-state index contributed by atoms with van der Waals surface area (Å²) in [6, 6.07) is 5.12. The molecule has 0 fully saturated rings. The molecule has 0 aliphatic carbocycles. The van der Waals surface area contributed by atoms with Crippen LogP contribution in [0.1, 0.15) is 20.8 Å². The molecule has 4 N–H and O–H groups in total. The lowest BCUT2D eigenvalue weighted by Gasteiger charge is -2.25. The average Bonchev–Trinajstić information content (AvgIpc) is 2.40. The average molecular weight is 277 g/mol. The highest BCUT2D eigenvalue weighted by molar-refractivity contribution is 6.00. The number of rotatable bonds is 3. The molecule has 1 aromatic rings. The molecule has 0 radical (unpaired) electrons. The zero-order valence-corrected chi connectivity index (χ0v) is 11.8. The van der Waals surface area contributed by atoms with Crippen LogP contribution in [0.4, 0.5) is 11.4 Å². The van der Waals surface area contributed by atoms with Crippen LogP contribution in [-0.4, -0.2) is 24.5 Å². The summed E-state index contributed by atoms with van der Waals surface area (Å²) in [4.78, 5) is 23.6. The Labute approximate surface area is 117 Å². The van der Waals surface area contributed by atoms with Crippen LogP contribution in [0.5, 0.6) is 5.75 Å². The SMILES string of the molecule is CC1Oc2ccc(NC(=O)C(C)(C)CN)cc2NC1=O. The molecule has 1 aromatic carbocycles. The number of amides is 2. The molecule has 0 saturated heterocycles. The molecule has 1 atom stereocenters. The molecule has 6 heteroatoms. The fourth-order valence-electron chi connectivity index (χ4n) is 1.68. The minimum absolute atomic E-state index is 0.170. The van der Waals surface area contributed by atoms with Gasteiger partial charge in [0.1, 0.15) is 5.75 Å². The summed E-state index contributed by atoms with van der Waals surface area (Å²) in [7, 11) is 0. The van der Waals surface area contributed by atoms with E-state index in [1.807, 2.05) is 0 Å². The van der Waals surface area contributed by atoms with Crippen molar-refractivity contribution in [1.82, 2.24) is 0 Å². The fraction of sp³-hybridized carbons (Fsp3) is 0.429. The van der Waals surface area contributed by atoms with Gasteiger partial charge in [-0.25, -0.2) is 0 Å². The molecule has 0 bridgehead atoms. The number of fused-ring (bicyclic) bond motifs is 1. The van der Waals surface area contributed by atoms with Gasteiger partial charge >= 0.3 is 0 Å². The third-order valence-corrected chi connectivity index (χ3v) is 3.29. The van der Waals surface area contributed by atoms with E-state index in [9.17, 15) is 9.59 Å². The Morgan fingerprint density at radius 3 is 2.85 bits per heavy atom. The van der Waals surface area contributed by atoms with Crippen molar-refractivity contribution < 1.29 is 14.3 Å². The number of hydrogen-bond donors (Lipinski definition) is 3. The number of hydrogen-bond acceptors (Lipinski definition) is 4. The minimum Gasteiger partial charge on any atom is -0.479 e. The van der Waals surface area contributed by atoms with Gasteiger partial charge in [0.05, 0.1) is 11.1 Å². The lowest BCUT2D eigenvalue weighted by atomic mass is 9.92. The van der Waals surface area contributed by atoms with Crippen molar-refractivity contribution in [2.75, 3.05) is 17.2 Å². The number of nitrogens with two attached hydrogens (primary N) is 1. The Balaban J connectivity index is 2.18. The van der Waals surface area contributed by atoms with E-state index in [0.29, 0.717) is 17.1 Å². The number of carbonyl (C=O) groups is 2. The predicted octanol–water partition coefficient (Wildman–Crippen LogP) is 1.33. The highest BCUT2D eigenvalue weighted by Crippen LogP contribution is 2.32. The summed E-state index contributed by atoms with van der Waals surface area (Å²) in [5.41, 5.74) is 6.06. The highest BCUT2D eigenvalue weighted by atomic mass is 16.5. The number of anilines is 2. The lowest BCUT2D eigenvalue weighted by molar-refractivity contribution is -0.123. The van der Waals surface area contributed by atoms with Crippen molar-refractivity contribution in [3.8, 4) is 5.75 Å². The summed E-state index contributed by atoms with van der Waals surface area (Å²) in [5.74, 6) is 0.216. The Kier molecular flexibility index (Phi) is 3.67. The van der Waals surface area contributed by atoms with E-state index in [-0.39, 0.29) is 18.4 Å². The van der Waals surface area contributed by atoms with E-state index >= 15 is 0 Å². The summed E-state index contributed by atoms with van der Waals surface area (Å²) < 4.78 is 5.45. The summed E-state index contributed by atoms with van der Waals surface area (Å²) in [6.07, 6.45) is -0.515. The monoisotopic (exact) mass is 277 g/mol. The molecule has 108 valence electrons. The van der Waals surface area contributed by atoms with Crippen LogP contribution in [0, 0.1) is 5.41 Å². The molecule has 1 unspecified atom stereocenters. The summed E-state index contributed by atoms with van der Waals surface area (Å²) >= 11 is 0. The number of ether oxygens (including phenoxy) is 1. The van der Waals surface area contributed by atoms with Gasteiger partial charge in [0.25, 0.3) is 5.91 Å². The van der Waals surface area contributed by atoms with Gasteiger partial charge in [0, 0.05) is 12.2 Å². The Morgan fingerprint density at radius 2 is 2.20 bits per heavy atom. The first kappa shape index (κ1) is 14.3. The molecule has 2 rings (SSSR count). The van der Waals surface area contributed by atoms with Gasteiger partial charge in [-0.05, 0) is 39.0 Å². The van der Waals surface area contributed by atoms with Crippen LogP contribution >= 0.6 is 0 Å². The largest absolute Gasteiger partial charge is 0.479 e. The molecule has 0 spiro atoms. The second-order valence-corrected chi connectivity index (χ2v) is 5.50. The van der Waals surface area contributed by atoms with Crippen molar-refractivity contribution in [2.45, 2.75) is 26.9 Å². The van der Waals surface area contributed by atoms with Crippen molar-refractivity contribution in [1.29, 1.82) is 0 Å². The molecule has 0 saturated carbocycles. The summed E-state index contributed by atoms with van der Waals surface area (Å²) in [6.45, 7) is 5.47. The van der Waals surface area contributed by atoms with Gasteiger partial charge in [-0.2, -0.15) is 0 Å². The third kappa shape index (κ3) is 2.75. The van der Waals surface area contributed by atoms with Crippen LogP contribution < -0.4 is 21.1 Å². The first-order valence-electron chi connectivity index (χ1n) is 6.46. The summed E-state index contributed by atoms with van der Waals surface area (Å²) in [5, 5.41) is 5.52. The maximum absolute atomic E-state index is 12.0. The smallest absolute Gasteiger partial charge is 0.265 e. The molecule has 1 aliphatic rings. The van der Waals surface area contributed by atoms with E-state index in [1.54, 1.807) is 39.0 Å². The Morgan fingerprint density at radius 1 is 1.50 bits per heavy atom. The highest BCUT2D eigenvalue weighted by Gasteiger charge is 2.27. The second-order valence-electron chi connectivity index (χ2n) is 5.50. The first-order chi connectivity index (χ1) is 9.33. The predicted molar refractivity (Wildman–Crippen MR) is 76.6 cm³/mol. The molecular formula is C14H19N3O3. The van der Waals surface area contributed by atoms with Gasteiger partial charge in [-0.15, -0.1) is 0 Å². The van der Waals surface area contributed by atoms with Crippen LogP contribution in [-0.2, 0) is 9.59 Å². The normalized spacial score (nSPS) is 17.8. The fourth-order valence-corrected chi connectivity index (χ4v) is 1.68. The molecule has 1 aliphatic heterocycles. The Bertz CT molecular complexity index is 555. The molecule has 20 heavy (non-hydrogen) atoms. The van der Waals surface area contributed by atoms with E-state index < -0.39 is 11.5 Å². The van der Waals surface area contributed by atoms with Crippen molar-refractivity contribution in [3.63, 3.8) is 0 Å². The van der Waals surface area contributed by atoms with E-state index in [1.165, 1.54) is 0 Å². The van der Waals surface area contributed by atoms with Gasteiger partial charge in [-0.3, -0.25) is 9.59 Å². The zero-order chi connectivity index (χ0) is 14.9. The first-order valence-corrected chi connectivity index (χ1v) is 6.46. The van der Waals surface area contributed by atoms with Gasteiger partial charge in [-0.1, -0.05) is 0 Å². The van der Waals surface area contributed by atoms with Gasteiger partial charge in [0.2, 0.25) is 5.91 Å². The maximum Gasteiger partial charge on any atom is 0.265 e. The topological polar surface area (TPSA) is 93.4 Å². The second kappa shape index (κ2) is 5.13.